The van der Waals surface area contributed by atoms with Gasteiger partial charge in [-0.3, -0.25) is 0 Å². The average Bonchev–Trinajstić information content (AvgIpc) is 2.73. The summed E-state index contributed by atoms with van der Waals surface area (Å²) in [5.74, 6) is 0.101. The van der Waals surface area contributed by atoms with E-state index in [2.05, 4.69) is 10.3 Å². The first kappa shape index (κ1) is 9.93. The Bertz CT molecular complexity index is 440. The highest BCUT2D eigenvalue weighted by Gasteiger charge is 1.99. The maximum atomic E-state index is 9.23. The lowest BCUT2D eigenvalue weighted by Crippen LogP contribution is -1.97. The van der Waals surface area contributed by atoms with Crippen molar-refractivity contribution in [1.82, 2.24) is 4.98 Å². The van der Waals surface area contributed by atoms with Gasteiger partial charge in [-0.1, -0.05) is 11.6 Å². The molecule has 0 unspecified atom stereocenters. The van der Waals surface area contributed by atoms with E-state index in [-0.39, 0.29) is 5.75 Å². The number of phenolic OH excluding ortho intramolecular Hbond substituents is 1. The summed E-state index contributed by atoms with van der Waals surface area (Å²) in [6.07, 6.45) is 3.80. The smallest absolute Gasteiger partial charge is 0.134 e. The Morgan fingerprint density at radius 1 is 1.33 bits per heavy atom. The number of hydrogen-bond donors (Lipinski definition) is 3. The minimum Gasteiger partial charge on any atom is -0.506 e. The second-order valence-electron chi connectivity index (χ2n) is 3.24. The molecule has 0 atom stereocenters. The maximum absolute atomic E-state index is 9.23. The first-order chi connectivity index (χ1) is 7.25. The van der Waals surface area contributed by atoms with Crippen molar-refractivity contribution in [3.05, 3.63) is 47.2 Å². The van der Waals surface area contributed by atoms with E-state index in [9.17, 15) is 5.11 Å². The van der Waals surface area contributed by atoms with Crippen molar-refractivity contribution in [2.45, 2.75) is 6.54 Å². The summed E-state index contributed by atoms with van der Waals surface area (Å²) in [6, 6.07) is 7.05. The van der Waals surface area contributed by atoms with Crippen LogP contribution < -0.4 is 5.32 Å². The zero-order chi connectivity index (χ0) is 10.7. The van der Waals surface area contributed by atoms with Gasteiger partial charge in [0.05, 0.1) is 5.02 Å². The lowest BCUT2D eigenvalue weighted by atomic mass is 10.3. The van der Waals surface area contributed by atoms with E-state index in [0.29, 0.717) is 5.02 Å². The summed E-state index contributed by atoms with van der Waals surface area (Å²) in [7, 11) is 0. The molecule has 0 aliphatic heterocycles. The standard InChI is InChI=1S/C11H11ClN2O/c12-10-5-9(1-2-11(10)15)14-7-8-3-4-13-6-8/h1-6,13-15H,7H2. The van der Waals surface area contributed by atoms with Crippen molar-refractivity contribution in [1.29, 1.82) is 0 Å². The lowest BCUT2D eigenvalue weighted by molar-refractivity contribution is 0.475. The number of anilines is 1. The number of aromatic hydroxyl groups is 1. The monoisotopic (exact) mass is 222 g/mol. The fourth-order valence-electron chi connectivity index (χ4n) is 1.29. The third kappa shape index (κ3) is 2.44. The minimum atomic E-state index is 0.101. The van der Waals surface area contributed by atoms with Crippen LogP contribution in [0, 0.1) is 0 Å². The van der Waals surface area contributed by atoms with E-state index in [1.54, 1.807) is 18.2 Å². The molecule has 15 heavy (non-hydrogen) atoms. The molecule has 0 aliphatic carbocycles. The Hall–Kier alpha value is -1.61. The molecule has 2 rings (SSSR count). The van der Waals surface area contributed by atoms with Crippen LogP contribution in [0.25, 0.3) is 0 Å². The normalized spacial score (nSPS) is 10.2. The Balaban J connectivity index is 2.02. The van der Waals surface area contributed by atoms with E-state index < -0.39 is 0 Å². The molecule has 1 aromatic heterocycles. The van der Waals surface area contributed by atoms with Gasteiger partial charge in [-0.25, -0.2) is 0 Å². The van der Waals surface area contributed by atoms with Crippen molar-refractivity contribution in [2.24, 2.45) is 0 Å². The highest BCUT2D eigenvalue weighted by Crippen LogP contribution is 2.26. The van der Waals surface area contributed by atoms with Crippen molar-refractivity contribution in [3.63, 3.8) is 0 Å². The van der Waals surface area contributed by atoms with Crippen molar-refractivity contribution < 1.29 is 5.11 Å². The molecule has 0 saturated heterocycles. The molecule has 1 heterocycles. The van der Waals surface area contributed by atoms with Gasteiger partial charge in [0.1, 0.15) is 5.75 Å². The summed E-state index contributed by atoms with van der Waals surface area (Å²) >= 11 is 5.78. The number of H-pyrrole nitrogens is 1. The number of rotatable bonds is 3. The van der Waals surface area contributed by atoms with Gasteiger partial charge in [0.2, 0.25) is 0 Å². The van der Waals surface area contributed by atoms with Gasteiger partial charge in [0.25, 0.3) is 0 Å². The molecule has 0 bridgehead atoms. The van der Waals surface area contributed by atoms with Gasteiger partial charge in [-0.05, 0) is 29.8 Å². The predicted molar refractivity (Wildman–Crippen MR) is 61.2 cm³/mol. The number of benzene rings is 1. The molecule has 0 fully saturated rings. The zero-order valence-corrected chi connectivity index (χ0v) is 8.75. The minimum absolute atomic E-state index is 0.101. The van der Waals surface area contributed by atoms with Crippen molar-refractivity contribution >= 4 is 17.3 Å². The fraction of sp³-hybridized carbons (Fsp3) is 0.0909. The summed E-state index contributed by atoms with van der Waals surface area (Å²) in [5.41, 5.74) is 2.05. The van der Waals surface area contributed by atoms with E-state index in [1.165, 1.54) is 5.56 Å². The van der Waals surface area contributed by atoms with Crippen LogP contribution in [-0.2, 0) is 6.54 Å². The van der Waals surface area contributed by atoms with Crippen LogP contribution in [0.1, 0.15) is 5.56 Å². The number of aromatic nitrogens is 1. The van der Waals surface area contributed by atoms with Crippen molar-refractivity contribution in [2.75, 3.05) is 5.32 Å². The van der Waals surface area contributed by atoms with E-state index >= 15 is 0 Å². The topological polar surface area (TPSA) is 48.0 Å². The van der Waals surface area contributed by atoms with Gasteiger partial charge >= 0.3 is 0 Å². The number of halogens is 1. The highest BCUT2D eigenvalue weighted by molar-refractivity contribution is 6.32. The summed E-state index contributed by atoms with van der Waals surface area (Å²) < 4.78 is 0. The molecule has 0 aliphatic rings. The van der Waals surface area contributed by atoms with Crippen LogP contribution in [0.3, 0.4) is 0 Å². The van der Waals surface area contributed by atoms with Crippen molar-refractivity contribution in [3.8, 4) is 5.75 Å². The highest BCUT2D eigenvalue weighted by atomic mass is 35.5. The number of hydrogen-bond acceptors (Lipinski definition) is 2. The first-order valence-corrected chi connectivity index (χ1v) is 4.97. The lowest BCUT2D eigenvalue weighted by Gasteiger charge is -2.05. The largest absolute Gasteiger partial charge is 0.506 e. The SMILES string of the molecule is Oc1ccc(NCc2cc[nH]c2)cc1Cl. The van der Waals surface area contributed by atoms with E-state index in [1.807, 2.05) is 18.5 Å². The molecule has 3 nitrogen and oxygen atoms in total. The average molecular weight is 223 g/mol. The molecular formula is C11H11ClN2O. The first-order valence-electron chi connectivity index (χ1n) is 4.60. The van der Waals surface area contributed by atoms with Crippen LogP contribution in [-0.4, -0.2) is 10.1 Å². The summed E-state index contributed by atoms with van der Waals surface area (Å²) in [6.45, 7) is 0.727. The van der Waals surface area contributed by atoms with E-state index in [0.717, 1.165) is 12.2 Å². The van der Waals surface area contributed by atoms with Crippen LogP contribution in [0.5, 0.6) is 5.75 Å². The molecule has 4 heteroatoms. The number of phenols is 1. The second kappa shape index (κ2) is 4.28. The Morgan fingerprint density at radius 3 is 2.87 bits per heavy atom. The molecule has 0 saturated carbocycles. The molecule has 3 N–H and O–H groups in total. The molecule has 0 radical (unpaired) electrons. The summed E-state index contributed by atoms with van der Waals surface area (Å²) in [4.78, 5) is 2.98. The molecule has 2 aromatic rings. The molecule has 0 amide bonds. The van der Waals surface area contributed by atoms with Crippen LogP contribution in [0.4, 0.5) is 5.69 Å². The fourth-order valence-corrected chi connectivity index (χ4v) is 1.47. The third-order valence-electron chi connectivity index (χ3n) is 2.11. The molecule has 1 aromatic carbocycles. The molecule has 0 spiro atoms. The Morgan fingerprint density at radius 2 is 2.20 bits per heavy atom. The van der Waals surface area contributed by atoms with Gasteiger partial charge in [0.15, 0.2) is 0 Å². The number of aromatic amines is 1. The van der Waals surface area contributed by atoms with Gasteiger partial charge in [-0.2, -0.15) is 0 Å². The van der Waals surface area contributed by atoms with Gasteiger partial charge in [-0.15, -0.1) is 0 Å². The molecular weight excluding hydrogens is 212 g/mol. The molecule has 78 valence electrons. The Labute approximate surface area is 92.7 Å². The quantitative estimate of drug-likeness (QED) is 0.700. The summed E-state index contributed by atoms with van der Waals surface area (Å²) in [5, 5.41) is 12.8. The van der Waals surface area contributed by atoms with Crippen LogP contribution >= 0.6 is 11.6 Å². The van der Waals surface area contributed by atoms with Gasteiger partial charge < -0.3 is 15.4 Å². The number of nitrogens with one attached hydrogen (secondary N) is 2. The van der Waals surface area contributed by atoms with E-state index in [4.69, 9.17) is 11.6 Å². The third-order valence-corrected chi connectivity index (χ3v) is 2.41. The predicted octanol–water partition coefficient (Wildman–Crippen LogP) is 2.99. The maximum Gasteiger partial charge on any atom is 0.134 e. The zero-order valence-electron chi connectivity index (χ0n) is 8.00. The second-order valence-corrected chi connectivity index (χ2v) is 3.65. The Kier molecular flexibility index (Phi) is 2.83. The van der Waals surface area contributed by atoms with Crippen LogP contribution in [0.2, 0.25) is 5.02 Å². The van der Waals surface area contributed by atoms with Gasteiger partial charge in [0, 0.05) is 24.6 Å². The van der Waals surface area contributed by atoms with Crippen LogP contribution in [0.15, 0.2) is 36.7 Å².